The van der Waals surface area contributed by atoms with Crippen LogP contribution in [0.15, 0.2) is 33.2 Å². The SMILES string of the molecule is CCCN(CCC)C(O)C1=Cc2ccc(Br)cc2N=C(NC(=O)OC(C)(C)C)C1. The maximum atomic E-state index is 12.3. The first kappa shape index (κ1) is 23.6. The molecule has 160 valence electrons. The molecule has 0 saturated carbocycles. The molecule has 0 radical (unpaired) electrons. The molecule has 1 aliphatic heterocycles. The number of nitrogens with one attached hydrogen (secondary N) is 1. The Morgan fingerprint density at radius 2 is 1.97 bits per heavy atom. The number of aliphatic imine (C=N–C) groups is 1. The summed E-state index contributed by atoms with van der Waals surface area (Å²) in [5.41, 5.74) is 1.82. The highest BCUT2D eigenvalue weighted by Gasteiger charge is 2.25. The number of amides is 1. The largest absolute Gasteiger partial charge is 0.444 e. The molecule has 1 heterocycles. The number of hydrogen-bond donors (Lipinski definition) is 2. The highest BCUT2D eigenvalue weighted by molar-refractivity contribution is 9.10. The Bertz CT molecular complexity index is 778. The van der Waals surface area contributed by atoms with Gasteiger partial charge in [-0.1, -0.05) is 35.8 Å². The van der Waals surface area contributed by atoms with E-state index in [4.69, 9.17) is 4.74 Å². The van der Waals surface area contributed by atoms with Crippen LogP contribution in [0.5, 0.6) is 0 Å². The molecule has 1 aromatic carbocycles. The predicted octanol–water partition coefficient (Wildman–Crippen LogP) is 5.23. The van der Waals surface area contributed by atoms with Crippen molar-refractivity contribution in [1.29, 1.82) is 0 Å². The zero-order chi connectivity index (χ0) is 21.6. The van der Waals surface area contributed by atoms with Gasteiger partial charge in [0.2, 0.25) is 0 Å². The number of nitrogens with zero attached hydrogens (tertiary/aromatic N) is 2. The summed E-state index contributed by atoms with van der Waals surface area (Å²) in [6.45, 7) is 11.2. The van der Waals surface area contributed by atoms with Gasteiger partial charge in [0.05, 0.1) is 5.69 Å². The van der Waals surface area contributed by atoms with Crippen LogP contribution < -0.4 is 5.32 Å². The molecule has 7 heteroatoms. The molecule has 2 N–H and O–H groups in total. The van der Waals surface area contributed by atoms with E-state index in [1.807, 2.05) is 45.0 Å². The lowest BCUT2D eigenvalue weighted by atomic mass is 10.0. The highest BCUT2D eigenvalue weighted by Crippen LogP contribution is 2.31. The molecule has 1 aliphatic rings. The second kappa shape index (κ2) is 10.4. The first-order valence-electron chi connectivity index (χ1n) is 10.1. The molecule has 0 saturated heterocycles. The number of benzene rings is 1. The van der Waals surface area contributed by atoms with Gasteiger partial charge in [-0.15, -0.1) is 0 Å². The number of rotatable bonds is 6. The van der Waals surface area contributed by atoms with Crippen molar-refractivity contribution in [2.45, 2.75) is 65.7 Å². The molecular formula is C22H32BrN3O3. The molecule has 1 aromatic rings. The summed E-state index contributed by atoms with van der Waals surface area (Å²) in [6.07, 6.45) is 2.91. The number of hydrogen-bond acceptors (Lipinski definition) is 5. The number of carbonyl (C=O) groups excluding carboxylic acids is 1. The Morgan fingerprint density at radius 1 is 1.31 bits per heavy atom. The minimum atomic E-state index is -0.741. The van der Waals surface area contributed by atoms with Gasteiger partial charge in [-0.05, 0) is 57.4 Å². The van der Waals surface area contributed by atoms with E-state index in [0.29, 0.717) is 12.3 Å². The monoisotopic (exact) mass is 465 g/mol. The molecule has 29 heavy (non-hydrogen) atoms. The predicted molar refractivity (Wildman–Crippen MR) is 121 cm³/mol. The molecule has 2 rings (SSSR count). The fourth-order valence-corrected chi connectivity index (χ4v) is 3.54. The second-order valence-electron chi connectivity index (χ2n) is 8.19. The van der Waals surface area contributed by atoms with Gasteiger partial charge in [-0.3, -0.25) is 10.2 Å². The van der Waals surface area contributed by atoms with Gasteiger partial charge in [0, 0.05) is 29.5 Å². The number of ether oxygens (including phenoxy) is 1. The molecular weight excluding hydrogens is 434 g/mol. The summed E-state index contributed by atoms with van der Waals surface area (Å²) in [5, 5.41) is 13.9. The van der Waals surface area contributed by atoms with Gasteiger partial charge in [-0.25, -0.2) is 9.79 Å². The van der Waals surface area contributed by atoms with Crippen molar-refractivity contribution in [2.75, 3.05) is 13.1 Å². The van der Waals surface area contributed by atoms with Gasteiger partial charge in [0.1, 0.15) is 17.7 Å². The quantitative estimate of drug-likeness (QED) is 0.563. The van der Waals surface area contributed by atoms with E-state index in [1.54, 1.807) is 0 Å². The first-order chi connectivity index (χ1) is 13.6. The Labute approximate surface area is 182 Å². The minimum absolute atomic E-state index is 0.330. The summed E-state index contributed by atoms with van der Waals surface area (Å²) in [7, 11) is 0. The molecule has 0 bridgehead atoms. The third-order valence-electron chi connectivity index (χ3n) is 4.30. The summed E-state index contributed by atoms with van der Waals surface area (Å²) in [6, 6.07) is 5.79. The molecule has 6 nitrogen and oxygen atoms in total. The summed E-state index contributed by atoms with van der Waals surface area (Å²) in [5.74, 6) is 0.453. The Hall–Kier alpha value is -1.70. The third-order valence-corrected chi connectivity index (χ3v) is 4.80. The van der Waals surface area contributed by atoms with E-state index in [1.165, 1.54) is 0 Å². The van der Waals surface area contributed by atoms with Gasteiger partial charge in [0.25, 0.3) is 0 Å². The van der Waals surface area contributed by atoms with Crippen molar-refractivity contribution in [1.82, 2.24) is 10.2 Å². The van der Waals surface area contributed by atoms with Gasteiger partial charge in [-0.2, -0.15) is 0 Å². The average Bonchev–Trinajstić information content (AvgIpc) is 2.77. The lowest BCUT2D eigenvalue weighted by molar-refractivity contribution is 0.0321. The molecule has 0 aromatic heterocycles. The van der Waals surface area contributed by atoms with E-state index < -0.39 is 17.9 Å². The first-order valence-corrected chi connectivity index (χ1v) is 10.9. The van der Waals surface area contributed by atoms with Crippen LogP contribution in [0.1, 0.15) is 59.4 Å². The topological polar surface area (TPSA) is 74.2 Å². The summed E-state index contributed by atoms with van der Waals surface area (Å²) in [4.78, 5) is 19.0. The number of carbonyl (C=O) groups is 1. The van der Waals surface area contributed by atoms with Crippen LogP contribution in [0, 0.1) is 0 Å². The van der Waals surface area contributed by atoms with E-state index >= 15 is 0 Å². The molecule has 0 fully saturated rings. The fourth-order valence-electron chi connectivity index (χ4n) is 3.19. The second-order valence-corrected chi connectivity index (χ2v) is 9.11. The number of halogens is 1. The Balaban J connectivity index is 2.37. The molecule has 1 unspecified atom stereocenters. The lowest BCUT2D eigenvalue weighted by Gasteiger charge is -2.29. The van der Waals surface area contributed by atoms with E-state index in [0.717, 1.165) is 47.2 Å². The fraction of sp³-hybridized carbons (Fsp3) is 0.545. The minimum Gasteiger partial charge on any atom is -0.444 e. The average molecular weight is 466 g/mol. The van der Waals surface area contributed by atoms with Crippen LogP contribution in [0.2, 0.25) is 0 Å². The van der Waals surface area contributed by atoms with E-state index in [9.17, 15) is 9.90 Å². The number of aliphatic hydroxyl groups is 1. The van der Waals surface area contributed by atoms with Crippen LogP contribution in [0.3, 0.4) is 0 Å². The molecule has 0 spiro atoms. The third kappa shape index (κ3) is 7.24. The van der Waals surface area contributed by atoms with Crippen LogP contribution in [0.4, 0.5) is 10.5 Å². The number of amidine groups is 1. The number of fused-ring (bicyclic) bond motifs is 1. The zero-order valence-corrected chi connectivity index (χ0v) is 19.5. The summed E-state index contributed by atoms with van der Waals surface area (Å²) >= 11 is 3.48. The van der Waals surface area contributed by atoms with Crippen LogP contribution in [0.25, 0.3) is 6.08 Å². The van der Waals surface area contributed by atoms with Crippen LogP contribution in [-0.4, -0.2) is 46.9 Å². The zero-order valence-electron chi connectivity index (χ0n) is 18.0. The van der Waals surface area contributed by atoms with Gasteiger partial charge < -0.3 is 9.84 Å². The maximum Gasteiger partial charge on any atom is 0.413 e. The normalized spacial score (nSPS) is 15.2. The number of aliphatic hydroxyl groups excluding tert-OH is 1. The van der Waals surface area contributed by atoms with Crippen LogP contribution >= 0.6 is 15.9 Å². The van der Waals surface area contributed by atoms with Gasteiger partial charge >= 0.3 is 6.09 Å². The maximum absolute atomic E-state index is 12.3. The highest BCUT2D eigenvalue weighted by atomic mass is 79.9. The van der Waals surface area contributed by atoms with Crippen LogP contribution in [-0.2, 0) is 4.74 Å². The summed E-state index contributed by atoms with van der Waals surface area (Å²) < 4.78 is 6.28. The van der Waals surface area contributed by atoms with Crippen molar-refractivity contribution in [3.05, 3.63) is 33.8 Å². The molecule has 0 aliphatic carbocycles. The van der Waals surface area contributed by atoms with Crippen molar-refractivity contribution in [3.63, 3.8) is 0 Å². The Morgan fingerprint density at radius 3 is 2.55 bits per heavy atom. The van der Waals surface area contributed by atoms with Gasteiger partial charge in [0.15, 0.2) is 0 Å². The molecule has 1 amide bonds. The van der Waals surface area contributed by atoms with E-state index in [-0.39, 0.29) is 0 Å². The van der Waals surface area contributed by atoms with Crippen molar-refractivity contribution in [3.8, 4) is 0 Å². The van der Waals surface area contributed by atoms with Crippen molar-refractivity contribution >= 4 is 39.6 Å². The number of alkyl carbamates (subject to hydrolysis) is 1. The van der Waals surface area contributed by atoms with E-state index in [2.05, 4.69) is 45.0 Å². The molecule has 1 atom stereocenters. The lowest BCUT2D eigenvalue weighted by Crippen LogP contribution is -2.40. The standard InChI is InChI=1S/C22H32BrN3O3/c1-6-10-26(11-7-2)20(27)16-12-15-8-9-17(23)14-18(15)24-19(13-16)25-21(28)29-22(3,4)5/h8-9,12,14,20,27H,6-7,10-11,13H2,1-5H3,(H,24,25,28). The van der Waals surface area contributed by atoms with Crippen molar-refractivity contribution < 1.29 is 14.6 Å². The smallest absolute Gasteiger partial charge is 0.413 e. The Kier molecular flexibility index (Phi) is 8.43. The van der Waals surface area contributed by atoms with Crippen molar-refractivity contribution in [2.24, 2.45) is 4.99 Å².